The van der Waals surface area contributed by atoms with Gasteiger partial charge in [0.15, 0.2) is 4.34 Å². The smallest absolute Gasteiger partial charge is 0.233 e. The summed E-state index contributed by atoms with van der Waals surface area (Å²) in [6, 6.07) is 11.9. The number of para-hydroxylation sites is 1. The van der Waals surface area contributed by atoms with Crippen molar-refractivity contribution in [3.8, 4) is 0 Å². The van der Waals surface area contributed by atoms with E-state index in [2.05, 4.69) is 33.9 Å². The summed E-state index contributed by atoms with van der Waals surface area (Å²) < 4.78 is 0.785. The SMILES string of the molecule is Cc1ccsc1CN(C)C(=O)CSc1nnc(Nc2ccccc2)s1. The van der Waals surface area contributed by atoms with E-state index in [1.165, 1.54) is 33.5 Å². The second-order valence-electron chi connectivity index (χ2n) is 5.43. The van der Waals surface area contributed by atoms with Crippen LogP contribution in [0.25, 0.3) is 0 Å². The minimum Gasteiger partial charge on any atom is -0.340 e. The molecule has 0 saturated carbocycles. The summed E-state index contributed by atoms with van der Waals surface area (Å²) in [5.41, 5.74) is 2.20. The number of nitrogens with one attached hydrogen (secondary N) is 1. The number of anilines is 2. The highest BCUT2D eigenvalue weighted by Crippen LogP contribution is 2.28. The molecule has 0 unspecified atom stereocenters. The lowest BCUT2D eigenvalue weighted by molar-refractivity contribution is -0.127. The van der Waals surface area contributed by atoms with E-state index in [0.717, 1.165) is 15.2 Å². The van der Waals surface area contributed by atoms with Crippen LogP contribution in [0.15, 0.2) is 46.1 Å². The second kappa shape index (κ2) is 8.46. The third-order valence-electron chi connectivity index (χ3n) is 3.53. The Kier molecular flexibility index (Phi) is 6.06. The molecule has 3 aromatic rings. The Balaban J connectivity index is 1.50. The van der Waals surface area contributed by atoms with Crippen molar-refractivity contribution in [1.29, 1.82) is 0 Å². The molecule has 3 rings (SSSR count). The third kappa shape index (κ3) is 5.04. The topological polar surface area (TPSA) is 58.1 Å². The first-order valence-electron chi connectivity index (χ1n) is 7.67. The first-order chi connectivity index (χ1) is 12.1. The Morgan fingerprint density at radius 2 is 2.04 bits per heavy atom. The fourth-order valence-corrected chi connectivity index (χ4v) is 4.74. The van der Waals surface area contributed by atoms with E-state index in [1.807, 2.05) is 37.4 Å². The van der Waals surface area contributed by atoms with E-state index in [4.69, 9.17) is 0 Å². The van der Waals surface area contributed by atoms with Crippen LogP contribution in [0.2, 0.25) is 0 Å². The Labute approximate surface area is 159 Å². The zero-order valence-corrected chi connectivity index (χ0v) is 16.4. The summed E-state index contributed by atoms with van der Waals surface area (Å²) in [5, 5.41) is 14.2. The lowest BCUT2D eigenvalue weighted by atomic mass is 10.3. The summed E-state index contributed by atoms with van der Waals surface area (Å²) in [6.07, 6.45) is 0. The van der Waals surface area contributed by atoms with Crippen molar-refractivity contribution in [3.63, 3.8) is 0 Å². The maximum Gasteiger partial charge on any atom is 0.233 e. The lowest BCUT2D eigenvalue weighted by Gasteiger charge is -2.16. The molecular weight excluding hydrogens is 372 g/mol. The molecule has 1 N–H and O–H groups in total. The molecule has 1 amide bonds. The van der Waals surface area contributed by atoms with Gasteiger partial charge in [-0.05, 0) is 36.1 Å². The highest BCUT2D eigenvalue weighted by Gasteiger charge is 2.13. The fraction of sp³-hybridized carbons (Fsp3) is 0.235. The third-order valence-corrected chi connectivity index (χ3v) is 6.49. The number of hydrogen-bond donors (Lipinski definition) is 1. The van der Waals surface area contributed by atoms with Crippen molar-refractivity contribution < 1.29 is 4.79 Å². The largest absolute Gasteiger partial charge is 0.340 e. The van der Waals surface area contributed by atoms with Crippen LogP contribution in [0.4, 0.5) is 10.8 Å². The molecule has 0 fully saturated rings. The molecule has 5 nitrogen and oxygen atoms in total. The van der Waals surface area contributed by atoms with E-state index < -0.39 is 0 Å². The number of thioether (sulfide) groups is 1. The van der Waals surface area contributed by atoms with Gasteiger partial charge >= 0.3 is 0 Å². The quantitative estimate of drug-likeness (QED) is 0.606. The van der Waals surface area contributed by atoms with Crippen LogP contribution in [0.5, 0.6) is 0 Å². The molecule has 0 spiro atoms. The maximum absolute atomic E-state index is 12.3. The van der Waals surface area contributed by atoms with E-state index in [1.54, 1.807) is 16.2 Å². The van der Waals surface area contributed by atoms with Crippen molar-refractivity contribution >= 4 is 51.2 Å². The van der Waals surface area contributed by atoms with Crippen molar-refractivity contribution in [2.75, 3.05) is 18.1 Å². The van der Waals surface area contributed by atoms with Gasteiger partial charge in [-0.1, -0.05) is 41.3 Å². The summed E-state index contributed by atoms with van der Waals surface area (Å²) in [4.78, 5) is 15.3. The first kappa shape index (κ1) is 17.9. The van der Waals surface area contributed by atoms with Crippen LogP contribution >= 0.6 is 34.4 Å². The average Bonchev–Trinajstić information content (AvgIpc) is 3.23. The number of hydrogen-bond acceptors (Lipinski definition) is 7. The Morgan fingerprint density at radius 1 is 1.24 bits per heavy atom. The number of amides is 1. The average molecular weight is 391 g/mol. The van der Waals surface area contributed by atoms with E-state index in [9.17, 15) is 4.79 Å². The number of rotatable bonds is 7. The number of carbonyl (C=O) groups excluding carboxylic acids is 1. The highest BCUT2D eigenvalue weighted by atomic mass is 32.2. The zero-order chi connectivity index (χ0) is 17.6. The van der Waals surface area contributed by atoms with Gasteiger partial charge in [0.25, 0.3) is 0 Å². The number of nitrogens with zero attached hydrogens (tertiary/aromatic N) is 3. The molecule has 0 atom stereocenters. The van der Waals surface area contributed by atoms with Crippen molar-refractivity contribution in [3.05, 3.63) is 52.2 Å². The molecule has 2 heterocycles. The molecular formula is C17H18N4OS3. The molecule has 0 aliphatic carbocycles. The van der Waals surface area contributed by atoms with Gasteiger partial charge in [0.05, 0.1) is 12.3 Å². The summed E-state index contributed by atoms with van der Waals surface area (Å²) in [7, 11) is 1.84. The zero-order valence-electron chi connectivity index (χ0n) is 13.9. The van der Waals surface area contributed by atoms with Crippen molar-refractivity contribution in [2.24, 2.45) is 0 Å². The van der Waals surface area contributed by atoms with Gasteiger partial charge in [0.1, 0.15) is 0 Å². The number of carbonyl (C=O) groups is 1. The normalized spacial score (nSPS) is 10.6. The minimum absolute atomic E-state index is 0.0885. The Bertz CT molecular complexity index is 831. The summed E-state index contributed by atoms with van der Waals surface area (Å²) in [6.45, 7) is 2.72. The fourth-order valence-electron chi connectivity index (χ4n) is 2.07. The molecule has 0 radical (unpaired) electrons. The summed E-state index contributed by atoms with van der Waals surface area (Å²) >= 11 is 4.56. The molecule has 25 heavy (non-hydrogen) atoms. The minimum atomic E-state index is 0.0885. The molecule has 0 bridgehead atoms. The molecule has 8 heteroatoms. The van der Waals surface area contributed by atoms with E-state index in [-0.39, 0.29) is 5.91 Å². The van der Waals surface area contributed by atoms with E-state index in [0.29, 0.717) is 12.3 Å². The standard InChI is InChI=1S/C17H18N4OS3/c1-12-8-9-23-14(12)10-21(2)15(22)11-24-17-20-19-16(25-17)18-13-6-4-3-5-7-13/h3-9H,10-11H2,1-2H3,(H,18,19). The Morgan fingerprint density at radius 3 is 2.76 bits per heavy atom. The molecule has 1 aromatic carbocycles. The number of aromatic nitrogens is 2. The molecule has 0 saturated heterocycles. The molecule has 0 aliphatic heterocycles. The monoisotopic (exact) mass is 390 g/mol. The number of benzene rings is 1. The number of aryl methyl sites for hydroxylation is 1. The van der Waals surface area contributed by atoms with Gasteiger partial charge in [-0.2, -0.15) is 0 Å². The van der Waals surface area contributed by atoms with Gasteiger partial charge in [0.2, 0.25) is 11.0 Å². The predicted octanol–water partition coefficient (Wildman–Crippen LogP) is 4.40. The van der Waals surface area contributed by atoms with Crippen molar-refractivity contribution in [2.45, 2.75) is 17.8 Å². The maximum atomic E-state index is 12.3. The van der Waals surface area contributed by atoms with Crippen LogP contribution in [0, 0.1) is 6.92 Å². The van der Waals surface area contributed by atoms with Gasteiger partial charge < -0.3 is 10.2 Å². The van der Waals surface area contributed by atoms with E-state index >= 15 is 0 Å². The highest BCUT2D eigenvalue weighted by molar-refractivity contribution is 8.01. The van der Waals surface area contributed by atoms with Gasteiger partial charge in [-0.25, -0.2) is 0 Å². The lowest BCUT2D eigenvalue weighted by Crippen LogP contribution is -2.27. The van der Waals surface area contributed by atoms with Gasteiger partial charge in [-0.3, -0.25) is 4.79 Å². The van der Waals surface area contributed by atoms with Crippen LogP contribution in [-0.4, -0.2) is 33.8 Å². The van der Waals surface area contributed by atoms with Crippen LogP contribution in [0.1, 0.15) is 10.4 Å². The van der Waals surface area contributed by atoms with Crippen LogP contribution in [0.3, 0.4) is 0 Å². The van der Waals surface area contributed by atoms with Crippen LogP contribution in [-0.2, 0) is 11.3 Å². The van der Waals surface area contributed by atoms with Gasteiger partial charge in [0, 0.05) is 17.6 Å². The predicted molar refractivity (Wildman–Crippen MR) is 106 cm³/mol. The van der Waals surface area contributed by atoms with Crippen LogP contribution < -0.4 is 5.32 Å². The summed E-state index contributed by atoms with van der Waals surface area (Å²) in [5.74, 6) is 0.450. The molecule has 0 aliphatic rings. The Hall–Kier alpha value is -1.90. The molecule has 2 aromatic heterocycles. The number of thiophene rings is 1. The second-order valence-corrected chi connectivity index (χ2v) is 8.63. The van der Waals surface area contributed by atoms with Gasteiger partial charge in [-0.15, -0.1) is 21.5 Å². The van der Waals surface area contributed by atoms with Crippen molar-refractivity contribution in [1.82, 2.24) is 15.1 Å². The molecule has 130 valence electrons. The first-order valence-corrected chi connectivity index (χ1v) is 10.4.